The van der Waals surface area contributed by atoms with E-state index in [1.54, 1.807) is 12.1 Å². The van der Waals surface area contributed by atoms with Crippen LogP contribution in [0.4, 0.5) is 0 Å². The third kappa shape index (κ3) is 4.16. The maximum atomic E-state index is 12.3. The van der Waals surface area contributed by atoms with Crippen LogP contribution in [0.25, 0.3) is 0 Å². The van der Waals surface area contributed by atoms with Gasteiger partial charge in [0.25, 0.3) is 0 Å². The molecule has 0 fully saturated rings. The van der Waals surface area contributed by atoms with E-state index >= 15 is 0 Å². The highest BCUT2D eigenvalue weighted by Gasteiger charge is 2.17. The lowest BCUT2D eigenvalue weighted by molar-refractivity contribution is 0.0471. The Morgan fingerprint density at radius 1 is 1.00 bits per heavy atom. The van der Waals surface area contributed by atoms with Gasteiger partial charge in [-0.25, -0.2) is 4.79 Å². The second-order valence-electron chi connectivity index (χ2n) is 4.62. The average molecular weight is 381 g/mol. The highest BCUT2D eigenvalue weighted by atomic mass is 79.9. The van der Waals surface area contributed by atoms with Gasteiger partial charge in [-0.05, 0) is 29.8 Å². The van der Waals surface area contributed by atoms with E-state index in [1.807, 2.05) is 24.3 Å². The lowest BCUT2D eigenvalue weighted by atomic mass is 10.2. The van der Waals surface area contributed by atoms with Crippen LogP contribution < -0.4 is 14.2 Å². The Kier molecular flexibility index (Phi) is 5.87. The summed E-state index contributed by atoms with van der Waals surface area (Å²) in [7, 11) is 4.49. The number of hydrogen-bond acceptors (Lipinski definition) is 5. The third-order valence-corrected chi connectivity index (χ3v) is 3.65. The molecule has 0 aromatic heterocycles. The van der Waals surface area contributed by atoms with Crippen LogP contribution in [-0.4, -0.2) is 27.3 Å². The molecule has 5 nitrogen and oxygen atoms in total. The molecule has 0 saturated heterocycles. The van der Waals surface area contributed by atoms with Gasteiger partial charge >= 0.3 is 5.97 Å². The van der Waals surface area contributed by atoms with E-state index in [2.05, 4.69) is 15.9 Å². The molecule has 0 spiro atoms. The van der Waals surface area contributed by atoms with Crippen LogP contribution in [0.5, 0.6) is 17.2 Å². The van der Waals surface area contributed by atoms with Gasteiger partial charge in [-0.15, -0.1) is 0 Å². The van der Waals surface area contributed by atoms with Crippen molar-refractivity contribution < 1.29 is 23.7 Å². The minimum absolute atomic E-state index is 0.176. The van der Waals surface area contributed by atoms with Crippen molar-refractivity contribution >= 4 is 21.9 Å². The van der Waals surface area contributed by atoms with Crippen molar-refractivity contribution in [3.05, 3.63) is 52.0 Å². The molecule has 0 aliphatic rings. The van der Waals surface area contributed by atoms with E-state index in [4.69, 9.17) is 18.9 Å². The monoisotopic (exact) mass is 380 g/mol. The van der Waals surface area contributed by atoms with E-state index in [1.165, 1.54) is 21.3 Å². The first-order chi connectivity index (χ1) is 11.1. The van der Waals surface area contributed by atoms with Gasteiger partial charge in [0.2, 0.25) is 5.75 Å². The standard InChI is InChI=1S/C17H17BrO5/c1-20-14-8-12(9-15(21-2)16(14)22-3)17(19)23-10-11-5-4-6-13(18)7-11/h4-9H,10H2,1-3H3. The summed E-state index contributed by atoms with van der Waals surface area (Å²) in [6, 6.07) is 10.7. The topological polar surface area (TPSA) is 54.0 Å². The Morgan fingerprint density at radius 2 is 1.65 bits per heavy atom. The van der Waals surface area contributed by atoms with Gasteiger partial charge in [0.15, 0.2) is 11.5 Å². The molecule has 0 bridgehead atoms. The van der Waals surface area contributed by atoms with Crippen molar-refractivity contribution in [2.45, 2.75) is 6.61 Å². The van der Waals surface area contributed by atoms with E-state index in [0.717, 1.165) is 10.0 Å². The van der Waals surface area contributed by atoms with Crippen molar-refractivity contribution in [3.8, 4) is 17.2 Å². The first kappa shape index (κ1) is 17.1. The van der Waals surface area contributed by atoms with Crippen molar-refractivity contribution in [2.24, 2.45) is 0 Å². The zero-order valence-electron chi connectivity index (χ0n) is 13.1. The number of rotatable bonds is 6. The summed E-state index contributed by atoms with van der Waals surface area (Å²) in [5.41, 5.74) is 1.22. The molecular weight excluding hydrogens is 364 g/mol. The minimum atomic E-state index is -0.468. The lowest BCUT2D eigenvalue weighted by Gasteiger charge is -2.13. The Bertz CT molecular complexity index is 674. The molecule has 2 aromatic rings. The van der Waals surface area contributed by atoms with Crippen molar-refractivity contribution in [3.63, 3.8) is 0 Å². The van der Waals surface area contributed by atoms with E-state index in [0.29, 0.717) is 22.8 Å². The molecule has 0 aliphatic carbocycles. The molecule has 0 N–H and O–H groups in total. The Balaban J connectivity index is 2.18. The van der Waals surface area contributed by atoms with Crippen LogP contribution in [0.2, 0.25) is 0 Å². The average Bonchev–Trinajstić information content (AvgIpc) is 2.58. The number of esters is 1. The van der Waals surface area contributed by atoms with Crippen LogP contribution in [0, 0.1) is 0 Å². The van der Waals surface area contributed by atoms with Crippen molar-refractivity contribution in [1.29, 1.82) is 0 Å². The Morgan fingerprint density at radius 3 is 2.17 bits per heavy atom. The molecule has 0 heterocycles. The first-order valence-corrected chi connectivity index (χ1v) is 7.60. The molecule has 0 saturated carbocycles. The van der Waals surface area contributed by atoms with Gasteiger partial charge in [0.05, 0.1) is 26.9 Å². The maximum absolute atomic E-state index is 12.3. The lowest BCUT2D eigenvalue weighted by Crippen LogP contribution is -2.07. The fourth-order valence-corrected chi connectivity index (χ4v) is 2.50. The summed E-state index contributed by atoms with van der Waals surface area (Å²) < 4.78 is 21.9. The SMILES string of the molecule is COc1cc(C(=O)OCc2cccc(Br)c2)cc(OC)c1OC. The molecule has 0 radical (unpaired) electrons. The second-order valence-corrected chi connectivity index (χ2v) is 5.54. The van der Waals surface area contributed by atoms with Crippen LogP contribution in [0.3, 0.4) is 0 Å². The minimum Gasteiger partial charge on any atom is -0.493 e. The molecule has 0 aliphatic heterocycles. The van der Waals surface area contributed by atoms with E-state index in [9.17, 15) is 4.79 Å². The highest BCUT2D eigenvalue weighted by Crippen LogP contribution is 2.38. The zero-order valence-corrected chi connectivity index (χ0v) is 14.7. The van der Waals surface area contributed by atoms with Gasteiger partial charge in [-0.1, -0.05) is 28.1 Å². The normalized spacial score (nSPS) is 10.1. The molecule has 122 valence electrons. The summed E-state index contributed by atoms with van der Waals surface area (Å²) in [6.45, 7) is 0.176. The smallest absolute Gasteiger partial charge is 0.338 e. The summed E-state index contributed by atoms with van der Waals surface area (Å²) in [5.74, 6) is 0.769. The number of hydrogen-bond donors (Lipinski definition) is 0. The van der Waals surface area contributed by atoms with Crippen LogP contribution in [0.15, 0.2) is 40.9 Å². The molecule has 23 heavy (non-hydrogen) atoms. The maximum Gasteiger partial charge on any atom is 0.338 e. The van der Waals surface area contributed by atoms with Gasteiger partial charge in [-0.2, -0.15) is 0 Å². The van der Waals surface area contributed by atoms with Gasteiger partial charge in [0.1, 0.15) is 6.61 Å². The molecule has 0 atom stereocenters. The van der Waals surface area contributed by atoms with Crippen LogP contribution in [0.1, 0.15) is 15.9 Å². The fourth-order valence-electron chi connectivity index (χ4n) is 2.06. The third-order valence-electron chi connectivity index (χ3n) is 3.16. The summed E-state index contributed by atoms with van der Waals surface area (Å²) in [4.78, 5) is 12.3. The van der Waals surface area contributed by atoms with Crippen molar-refractivity contribution in [2.75, 3.05) is 21.3 Å². The van der Waals surface area contributed by atoms with Crippen LogP contribution in [-0.2, 0) is 11.3 Å². The zero-order chi connectivity index (χ0) is 16.8. The highest BCUT2D eigenvalue weighted by molar-refractivity contribution is 9.10. The second kappa shape index (κ2) is 7.87. The molecular formula is C17H17BrO5. The number of carbonyl (C=O) groups excluding carboxylic acids is 1. The predicted molar refractivity (Wildman–Crippen MR) is 89.4 cm³/mol. The molecule has 2 aromatic carbocycles. The molecule has 6 heteroatoms. The van der Waals surface area contributed by atoms with Crippen molar-refractivity contribution in [1.82, 2.24) is 0 Å². The Labute approximate surface area is 143 Å². The van der Waals surface area contributed by atoms with Gasteiger partial charge in [-0.3, -0.25) is 0 Å². The predicted octanol–water partition coefficient (Wildman–Crippen LogP) is 3.83. The van der Waals surface area contributed by atoms with E-state index in [-0.39, 0.29) is 6.61 Å². The summed E-state index contributed by atoms with van der Waals surface area (Å²) >= 11 is 3.38. The summed E-state index contributed by atoms with van der Waals surface area (Å²) in [6.07, 6.45) is 0. The van der Waals surface area contributed by atoms with E-state index < -0.39 is 5.97 Å². The largest absolute Gasteiger partial charge is 0.493 e. The van der Waals surface area contributed by atoms with Gasteiger partial charge in [0, 0.05) is 4.47 Å². The number of halogens is 1. The molecule has 2 rings (SSSR count). The quantitative estimate of drug-likeness (QED) is 0.712. The number of methoxy groups -OCH3 is 3. The molecule has 0 amide bonds. The number of ether oxygens (including phenoxy) is 4. The number of benzene rings is 2. The Hall–Kier alpha value is -2.21. The first-order valence-electron chi connectivity index (χ1n) is 6.80. The van der Waals surface area contributed by atoms with Crippen LogP contribution >= 0.6 is 15.9 Å². The van der Waals surface area contributed by atoms with Gasteiger partial charge < -0.3 is 18.9 Å². The summed E-state index contributed by atoms with van der Waals surface area (Å²) in [5, 5.41) is 0. The molecule has 0 unspecified atom stereocenters. The fraction of sp³-hybridized carbons (Fsp3) is 0.235. The number of carbonyl (C=O) groups is 1.